The molecule has 0 fully saturated rings. The fraction of sp³-hybridized carbons (Fsp3) is 0.0909. The predicted octanol–water partition coefficient (Wildman–Crippen LogP) is 2.47. The summed E-state index contributed by atoms with van der Waals surface area (Å²) in [4.78, 5) is 4.72. The third-order valence-corrected chi connectivity index (χ3v) is 4.01. The molecule has 0 atom stereocenters. The van der Waals surface area contributed by atoms with E-state index >= 15 is 0 Å². The van der Waals surface area contributed by atoms with Gasteiger partial charge < -0.3 is 0 Å². The van der Waals surface area contributed by atoms with Crippen molar-refractivity contribution in [2.24, 2.45) is 0 Å². The summed E-state index contributed by atoms with van der Waals surface area (Å²) in [5, 5.41) is 2.90. The molecule has 0 saturated carbocycles. The van der Waals surface area contributed by atoms with Crippen LogP contribution in [-0.4, -0.2) is 14.5 Å². The van der Waals surface area contributed by atoms with Gasteiger partial charge in [-0.15, -0.1) is 0 Å². The second-order valence-corrected chi connectivity index (χ2v) is 4.72. The quantitative estimate of drug-likeness (QED) is 0.597. The van der Waals surface area contributed by atoms with Gasteiger partial charge in [-0.3, -0.25) is 0 Å². The van der Waals surface area contributed by atoms with Gasteiger partial charge in [-0.2, -0.15) is 0 Å². The monoisotopic (exact) mass is 220 g/mol. The Morgan fingerprint density at radius 3 is 2.83 bits per heavy atom. The Hall–Kier alpha value is -0.781. The second kappa shape index (κ2) is 2.35. The van der Waals surface area contributed by atoms with Crippen LogP contribution in [0.1, 0.15) is 11.1 Å². The van der Waals surface area contributed by atoms with E-state index in [9.17, 15) is 0 Å². The van der Waals surface area contributed by atoms with E-state index in [1.807, 2.05) is 0 Å². The van der Waals surface area contributed by atoms with Gasteiger partial charge >= 0.3 is 77.0 Å². The van der Waals surface area contributed by atoms with Gasteiger partial charge in [-0.1, -0.05) is 0 Å². The van der Waals surface area contributed by atoms with Crippen molar-refractivity contribution in [2.75, 3.05) is 0 Å². The molecular weight excluding hydrogens is 211 g/mol. The molecule has 0 amide bonds. The molecule has 1 heterocycles. The van der Waals surface area contributed by atoms with Crippen LogP contribution in [0.2, 0.25) is 0 Å². The Bertz CT molecular complexity index is 463. The van der Waals surface area contributed by atoms with Crippen LogP contribution in [0.3, 0.4) is 0 Å². The topological polar surface area (TPSA) is 0 Å². The minimum atomic E-state index is 0.612. The van der Waals surface area contributed by atoms with E-state index < -0.39 is 0 Å². The van der Waals surface area contributed by atoms with E-state index in [2.05, 4.69) is 34.2 Å². The van der Waals surface area contributed by atoms with E-state index in [1.165, 1.54) is 21.9 Å². The Balaban J connectivity index is 2.43. The van der Waals surface area contributed by atoms with Gasteiger partial charge in [-0.05, 0) is 0 Å². The minimum absolute atomic E-state index is 0.612. The van der Waals surface area contributed by atoms with Crippen LogP contribution in [0.4, 0.5) is 0 Å². The van der Waals surface area contributed by atoms with Crippen molar-refractivity contribution in [3.63, 3.8) is 0 Å². The Kier molecular flexibility index (Phi) is 1.31. The standard InChI is InChI=1S/C11H8Se/c1-2-8-4-10-6-12-7-11(10)5-9(8)3-1/h1-2,4-7H,3H2. The van der Waals surface area contributed by atoms with Crippen molar-refractivity contribution in [3.05, 3.63) is 39.2 Å². The third kappa shape index (κ3) is 0.841. The van der Waals surface area contributed by atoms with E-state index in [-0.39, 0.29) is 0 Å². The molecule has 1 aromatic heterocycles. The van der Waals surface area contributed by atoms with Crippen LogP contribution >= 0.6 is 0 Å². The second-order valence-electron chi connectivity index (χ2n) is 3.16. The number of rotatable bonds is 0. The Morgan fingerprint density at radius 2 is 1.92 bits per heavy atom. The van der Waals surface area contributed by atoms with Crippen LogP contribution in [0.5, 0.6) is 0 Å². The molecule has 1 heteroatoms. The van der Waals surface area contributed by atoms with Crippen molar-refractivity contribution in [1.29, 1.82) is 0 Å². The summed E-state index contributed by atoms with van der Waals surface area (Å²) in [5.41, 5.74) is 2.92. The molecule has 1 aliphatic carbocycles. The molecule has 58 valence electrons. The Morgan fingerprint density at radius 1 is 1.08 bits per heavy atom. The molecule has 0 radical (unpaired) electrons. The van der Waals surface area contributed by atoms with Crippen molar-refractivity contribution >= 4 is 31.4 Å². The predicted molar refractivity (Wildman–Crippen MR) is 53.6 cm³/mol. The van der Waals surface area contributed by atoms with Crippen LogP contribution in [-0.2, 0) is 6.42 Å². The molecule has 3 rings (SSSR count). The summed E-state index contributed by atoms with van der Waals surface area (Å²) in [5.74, 6) is 0. The summed E-state index contributed by atoms with van der Waals surface area (Å²) in [6.07, 6.45) is 5.60. The van der Waals surface area contributed by atoms with E-state index in [0.29, 0.717) is 14.5 Å². The average Bonchev–Trinajstić information content (AvgIpc) is 2.64. The molecular formula is C11H8Se. The van der Waals surface area contributed by atoms with Gasteiger partial charge in [0.05, 0.1) is 0 Å². The third-order valence-electron chi connectivity index (χ3n) is 2.37. The first-order valence-electron chi connectivity index (χ1n) is 4.09. The molecule has 0 bridgehead atoms. The number of fused-ring (bicyclic) bond motifs is 2. The van der Waals surface area contributed by atoms with Gasteiger partial charge in [0, 0.05) is 0 Å². The van der Waals surface area contributed by atoms with Crippen LogP contribution < -0.4 is 0 Å². The van der Waals surface area contributed by atoms with Crippen molar-refractivity contribution < 1.29 is 0 Å². The summed E-state index contributed by atoms with van der Waals surface area (Å²) >= 11 is 0.612. The van der Waals surface area contributed by atoms with Gasteiger partial charge in [0.2, 0.25) is 0 Å². The molecule has 0 unspecified atom stereocenters. The number of allylic oxidation sites excluding steroid dienone is 1. The van der Waals surface area contributed by atoms with Gasteiger partial charge in [-0.25, -0.2) is 0 Å². The van der Waals surface area contributed by atoms with Crippen molar-refractivity contribution in [3.8, 4) is 0 Å². The first kappa shape index (κ1) is 6.71. The SMILES string of the molecule is C1=Cc2cc3c[se]cc3cc2C1. The molecule has 1 aliphatic rings. The first-order valence-corrected chi connectivity index (χ1v) is 6.07. The van der Waals surface area contributed by atoms with Crippen LogP contribution in [0.25, 0.3) is 16.8 Å². The normalized spacial score (nSPS) is 14.0. The maximum atomic E-state index is 2.36. The van der Waals surface area contributed by atoms with Gasteiger partial charge in [0.25, 0.3) is 0 Å². The number of hydrogen-bond donors (Lipinski definition) is 0. The summed E-state index contributed by atoms with van der Waals surface area (Å²) < 4.78 is 0. The number of hydrogen-bond acceptors (Lipinski definition) is 0. The van der Waals surface area contributed by atoms with Crippen molar-refractivity contribution in [2.45, 2.75) is 6.42 Å². The fourth-order valence-electron chi connectivity index (χ4n) is 1.73. The maximum absolute atomic E-state index is 2.36. The molecule has 0 saturated heterocycles. The zero-order valence-corrected chi connectivity index (χ0v) is 8.29. The molecule has 0 N–H and O–H groups in total. The van der Waals surface area contributed by atoms with E-state index in [0.717, 1.165) is 6.42 Å². The molecule has 0 nitrogen and oxygen atoms in total. The molecule has 1 aromatic carbocycles. The molecule has 0 spiro atoms. The van der Waals surface area contributed by atoms with Gasteiger partial charge in [0.1, 0.15) is 0 Å². The fourth-order valence-corrected chi connectivity index (χ4v) is 3.34. The van der Waals surface area contributed by atoms with E-state index in [4.69, 9.17) is 0 Å². The zero-order chi connectivity index (χ0) is 7.97. The molecule has 2 aromatic rings. The van der Waals surface area contributed by atoms with E-state index in [1.54, 1.807) is 0 Å². The number of benzene rings is 1. The molecule has 0 aliphatic heterocycles. The summed E-state index contributed by atoms with van der Waals surface area (Å²) in [7, 11) is 0. The Labute approximate surface area is 77.3 Å². The molecule has 12 heavy (non-hydrogen) atoms. The van der Waals surface area contributed by atoms with Gasteiger partial charge in [0.15, 0.2) is 0 Å². The average molecular weight is 219 g/mol. The van der Waals surface area contributed by atoms with Crippen LogP contribution in [0.15, 0.2) is 28.1 Å². The van der Waals surface area contributed by atoms with Crippen molar-refractivity contribution in [1.82, 2.24) is 0 Å². The summed E-state index contributed by atoms with van der Waals surface area (Å²) in [6, 6.07) is 4.66. The first-order chi connectivity index (χ1) is 5.93. The zero-order valence-electron chi connectivity index (χ0n) is 6.58. The summed E-state index contributed by atoms with van der Waals surface area (Å²) in [6.45, 7) is 0. The van der Waals surface area contributed by atoms with Crippen LogP contribution in [0, 0.1) is 0 Å².